The Morgan fingerprint density at radius 3 is 2.38 bits per heavy atom. The molecule has 0 radical (unpaired) electrons. The van der Waals surface area contributed by atoms with Crippen LogP contribution in [0.25, 0.3) is 0 Å². The number of nitrogens with zero attached hydrogens (tertiary/aromatic N) is 3. The minimum atomic E-state index is 0.120. The molecule has 1 aromatic rings. The number of morpholine rings is 1. The molecule has 5 heteroatoms. The first-order valence-corrected chi connectivity index (χ1v) is 9.92. The fourth-order valence-electron chi connectivity index (χ4n) is 4.11. The van der Waals surface area contributed by atoms with Crippen molar-refractivity contribution in [2.45, 2.75) is 52.0 Å². The summed E-state index contributed by atoms with van der Waals surface area (Å²) in [5.74, 6) is 0.200. The quantitative estimate of drug-likeness (QED) is 0.781. The topological polar surface area (TPSA) is 36.0 Å². The first-order valence-electron chi connectivity index (χ1n) is 9.92. The second-order valence-electron chi connectivity index (χ2n) is 7.98. The highest BCUT2D eigenvalue weighted by Gasteiger charge is 2.26. The van der Waals surface area contributed by atoms with Crippen molar-refractivity contribution in [1.29, 1.82) is 0 Å². The van der Waals surface area contributed by atoms with E-state index in [-0.39, 0.29) is 18.1 Å². The van der Waals surface area contributed by atoms with Crippen molar-refractivity contribution >= 4 is 5.91 Å². The first kappa shape index (κ1) is 19.3. The summed E-state index contributed by atoms with van der Waals surface area (Å²) in [5, 5.41) is 0. The van der Waals surface area contributed by atoms with E-state index in [2.05, 4.69) is 34.1 Å². The number of benzene rings is 1. The molecule has 3 rings (SSSR count). The molecule has 0 saturated carbocycles. The van der Waals surface area contributed by atoms with Gasteiger partial charge < -0.3 is 9.64 Å². The van der Waals surface area contributed by atoms with Crippen LogP contribution in [0.5, 0.6) is 0 Å². The van der Waals surface area contributed by atoms with Gasteiger partial charge in [0.15, 0.2) is 0 Å². The zero-order chi connectivity index (χ0) is 18.5. The second-order valence-corrected chi connectivity index (χ2v) is 7.98. The van der Waals surface area contributed by atoms with Gasteiger partial charge in [-0.15, -0.1) is 0 Å². The van der Waals surface area contributed by atoms with Gasteiger partial charge in [-0.1, -0.05) is 24.3 Å². The van der Waals surface area contributed by atoms with Crippen LogP contribution < -0.4 is 0 Å². The van der Waals surface area contributed by atoms with E-state index in [9.17, 15) is 4.79 Å². The molecule has 26 heavy (non-hydrogen) atoms. The largest absolute Gasteiger partial charge is 0.372 e. The Kier molecular flexibility index (Phi) is 6.68. The average molecular weight is 360 g/mol. The molecule has 0 aliphatic carbocycles. The highest BCUT2D eigenvalue weighted by atomic mass is 16.5. The molecule has 2 saturated heterocycles. The maximum Gasteiger partial charge on any atom is 0.236 e. The van der Waals surface area contributed by atoms with E-state index >= 15 is 0 Å². The Hall–Kier alpha value is -1.43. The number of carbonyl (C=O) groups excluding carboxylic acids is 1. The van der Waals surface area contributed by atoms with Crippen LogP contribution >= 0.6 is 0 Å². The van der Waals surface area contributed by atoms with Gasteiger partial charge in [-0.3, -0.25) is 14.6 Å². The fourth-order valence-corrected chi connectivity index (χ4v) is 4.11. The molecule has 0 aromatic heterocycles. The van der Waals surface area contributed by atoms with Crippen LogP contribution in [0.3, 0.4) is 0 Å². The molecule has 1 amide bonds. The molecule has 2 aliphatic rings. The number of rotatable bonds is 6. The Balaban J connectivity index is 1.56. The molecule has 144 valence electrons. The lowest BCUT2D eigenvalue weighted by Crippen LogP contribution is -2.50. The molecular formula is C21H33N3O2. The van der Waals surface area contributed by atoms with Crippen molar-refractivity contribution in [2.24, 2.45) is 0 Å². The maximum atomic E-state index is 12.7. The lowest BCUT2D eigenvalue weighted by atomic mass is 10.1. The number of likely N-dealkylation sites (tertiary alicyclic amines) is 1. The van der Waals surface area contributed by atoms with Crippen LogP contribution in [0.2, 0.25) is 0 Å². The lowest BCUT2D eigenvalue weighted by molar-refractivity contribution is -0.144. The monoisotopic (exact) mass is 359 g/mol. The predicted molar refractivity (Wildman–Crippen MR) is 104 cm³/mol. The Morgan fingerprint density at radius 2 is 1.73 bits per heavy atom. The SMILES string of the molecule is C[C@@H]1CN(C(=O)CN(C)Cc2ccccc2CN2CCCC2)C[C@H](C)O1. The van der Waals surface area contributed by atoms with E-state index in [4.69, 9.17) is 4.74 Å². The highest BCUT2D eigenvalue weighted by Crippen LogP contribution is 2.18. The molecule has 2 aliphatic heterocycles. The molecule has 1 aromatic carbocycles. The number of hydrogen-bond donors (Lipinski definition) is 0. The van der Waals surface area contributed by atoms with Crippen LogP contribution in [-0.2, 0) is 22.6 Å². The Labute approximate surface area is 157 Å². The predicted octanol–water partition coefficient (Wildman–Crippen LogP) is 2.35. The van der Waals surface area contributed by atoms with Gasteiger partial charge in [0.25, 0.3) is 0 Å². The highest BCUT2D eigenvalue weighted by molar-refractivity contribution is 5.78. The second kappa shape index (κ2) is 8.98. The molecule has 0 bridgehead atoms. The molecule has 2 fully saturated rings. The van der Waals surface area contributed by atoms with Gasteiger partial charge in [-0.25, -0.2) is 0 Å². The van der Waals surface area contributed by atoms with Crippen molar-refractivity contribution < 1.29 is 9.53 Å². The number of amides is 1. The Bertz CT molecular complexity index is 591. The van der Waals surface area contributed by atoms with Crippen LogP contribution in [-0.4, -0.2) is 72.6 Å². The van der Waals surface area contributed by atoms with Gasteiger partial charge in [0.2, 0.25) is 5.91 Å². The van der Waals surface area contributed by atoms with Crippen molar-refractivity contribution in [1.82, 2.24) is 14.7 Å². The van der Waals surface area contributed by atoms with Crippen molar-refractivity contribution in [3.05, 3.63) is 35.4 Å². The molecular weight excluding hydrogens is 326 g/mol. The summed E-state index contributed by atoms with van der Waals surface area (Å²) in [6, 6.07) is 8.65. The Morgan fingerprint density at radius 1 is 1.12 bits per heavy atom. The molecule has 2 heterocycles. The van der Waals surface area contributed by atoms with Gasteiger partial charge >= 0.3 is 0 Å². The normalized spacial score (nSPS) is 24.4. The third kappa shape index (κ3) is 5.29. The standard InChI is InChI=1S/C21H33N3O2/c1-17-12-24(13-18(2)26-17)21(25)16-22(3)14-19-8-4-5-9-20(19)15-23-10-6-7-11-23/h4-5,8-9,17-18H,6-7,10-16H2,1-3H3/t17-,18+. The molecule has 2 atom stereocenters. The molecule has 0 spiro atoms. The van der Waals surface area contributed by atoms with E-state index < -0.39 is 0 Å². The summed E-state index contributed by atoms with van der Waals surface area (Å²) in [7, 11) is 2.04. The smallest absolute Gasteiger partial charge is 0.236 e. The summed E-state index contributed by atoms with van der Waals surface area (Å²) >= 11 is 0. The maximum absolute atomic E-state index is 12.7. The summed E-state index contributed by atoms with van der Waals surface area (Å²) in [4.78, 5) is 19.3. The van der Waals surface area contributed by atoms with Gasteiger partial charge in [-0.2, -0.15) is 0 Å². The van der Waals surface area contributed by atoms with Crippen molar-refractivity contribution in [3.63, 3.8) is 0 Å². The zero-order valence-corrected chi connectivity index (χ0v) is 16.5. The zero-order valence-electron chi connectivity index (χ0n) is 16.5. The van der Waals surface area contributed by atoms with Crippen LogP contribution in [0.15, 0.2) is 24.3 Å². The van der Waals surface area contributed by atoms with Gasteiger partial charge in [-0.05, 0) is 58.0 Å². The summed E-state index contributed by atoms with van der Waals surface area (Å²) in [6.45, 7) is 10.2. The fraction of sp³-hybridized carbons (Fsp3) is 0.667. The van der Waals surface area contributed by atoms with Gasteiger partial charge in [0.05, 0.1) is 18.8 Å². The third-order valence-electron chi connectivity index (χ3n) is 5.33. The molecule has 0 N–H and O–H groups in total. The van der Waals surface area contributed by atoms with Gasteiger partial charge in [0, 0.05) is 26.2 Å². The number of hydrogen-bond acceptors (Lipinski definition) is 4. The average Bonchev–Trinajstić information content (AvgIpc) is 3.08. The minimum Gasteiger partial charge on any atom is -0.372 e. The number of likely N-dealkylation sites (N-methyl/N-ethyl adjacent to an activating group) is 1. The minimum absolute atomic E-state index is 0.120. The van der Waals surface area contributed by atoms with E-state index in [1.807, 2.05) is 25.8 Å². The van der Waals surface area contributed by atoms with Crippen LogP contribution in [0.4, 0.5) is 0 Å². The van der Waals surface area contributed by atoms with E-state index in [1.165, 1.54) is 37.1 Å². The summed E-state index contributed by atoms with van der Waals surface area (Å²) in [6.07, 6.45) is 2.86. The van der Waals surface area contributed by atoms with E-state index in [0.29, 0.717) is 19.6 Å². The molecule has 5 nitrogen and oxygen atoms in total. The lowest BCUT2D eigenvalue weighted by Gasteiger charge is -2.36. The van der Waals surface area contributed by atoms with E-state index in [1.54, 1.807) is 0 Å². The molecule has 0 unspecified atom stereocenters. The van der Waals surface area contributed by atoms with Crippen molar-refractivity contribution in [3.8, 4) is 0 Å². The summed E-state index contributed by atoms with van der Waals surface area (Å²) in [5.41, 5.74) is 2.72. The number of carbonyl (C=O) groups is 1. The van der Waals surface area contributed by atoms with Crippen molar-refractivity contribution in [2.75, 3.05) is 39.8 Å². The first-order chi connectivity index (χ1) is 12.5. The van der Waals surface area contributed by atoms with Crippen LogP contribution in [0.1, 0.15) is 37.8 Å². The van der Waals surface area contributed by atoms with Gasteiger partial charge in [0.1, 0.15) is 0 Å². The number of ether oxygens (including phenoxy) is 1. The summed E-state index contributed by atoms with van der Waals surface area (Å²) < 4.78 is 5.73. The van der Waals surface area contributed by atoms with Crippen LogP contribution in [0, 0.1) is 0 Å². The van der Waals surface area contributed by atoms with E-state index in [0.717, 1.165) is 13.1 Å². The third-order valence-corrected chi connectivity index (χ3v) is 5.33.